The lowest BCUT2D eigenvalue weighted by atomic mass is 10.1. The molecule has 0 radical (unpaired) electrons. The van der Waals surface area contributed by atoms with E-state index in [1.807, 2.05) is 18.2 Å². The van der Waals surface area contributed by atoms with Crippen molar-refractivity contribution in [3.05, 3.63) is 60.3 Å². The van der Waals surface area contributed by atoms with E-state index < -0.39 is 0 Å². The number of fused-ring (bicyclic) bond motifs is 2. The molecule has 0 spiro atoms. The number of H-pyrrole nitrogens is 2. The molecule has 0 amide bonds. The average molecular weight is 428 g/mol. The van der Waals surface area contributed by atoms with Crippen LogP contribution < -0.4 is 5.73 Å². The molecule has 0 bridgehead atoms. The number of hydrogen-bond donors (Lipinski definition) is 3. The number of pyridine rings is 3. The number of halogens is 1. The summed E-state index contributed by atoms with van der Waals surface area (Å²) >= 11 is 1.08. The number of nitrogens with two attached hydrogens (primary N) is 1. The number of aromatic nitrogens is 7. The van der Waals surface area contributed by atoms with E-state index in [0.717, 1.165) is 49.5 Å². The summed E-state index contributed by atoms with van der Waals surface area (Å²) in [5.41, 5.74) is 11.5. The van der Waals surface area contributed by atoms with Crippen LogP contribution in [-0.2, 0) is 0 Å². The second-order valence-electron chi connectivity index (χ2n) is 6.94. The molecular formula is C21H13FN8S. The van der Waals surface area contributed by atoms with Crippen LogP contribution in [0, 0.1) is 5.13 Å². The summed E-state index contributed by atoms with van der Waals surface area (Å²) < 4.78 is 13.6. The molecule has 0 atom stereocenters. The van der Waals surface area contributed by atoms with E-state index >= 15 is 0 Å². The second-order valence-corrected chi connectivity index (χ2v) is 7.97. The molecule has 0 aliphatic carbocycles. The average Bonchev–Trinajstić information content (AvgIpc) is 3.50. The van der Waals surface area contributed by atoms with Crippen LogP contribution in [-0.4, -0.2) is 35.1 Å². The predicted molar refractivity (Wildman–Crippen MR) is 118 cm³/mol. The molecule has 6 aromatic heterocycles. The predicted octanol–water partition coefficient (Wildman–Crippen LogP) is 4.41. The van der Waals surface area contributed by atoms with Gasteiger partial charge in [0.25, 0.3) is 0 Å². The quantitative estimate of drug-likeness (QED) is 0.384. The number of nitrogens with one attached hydrogen (secondary N) is 2. The first-order chi connectivity index (χ1) is 15.2. The summed E-state index contributed by atoms with van der Waals surface area (Å²) in [6.07, 6.45) is 6.67. The van der Waals surface area contributed by atoms with Gasteiger partial charge in [0, 0.05) is 40.0 Å². The molecule has 150 valence electrons. The zero-order chi connectivity index (χ0) is 20.9. The molecule has 6 rings (SSSR count). The fourth-order valence-electron chi connectivity index (χ4n) is 3.54. The SMILES string of the molecule is Nc1cncc(-c2cc3c(-c4nc5nccc(-c6ccc(F)s6)c5[nH]4)n[nH]c3cn2)c1. The van der Waals surface area contributed by atoms with Crippen LogP contribution in [0.2, 0.25) is 0 Å². The Morgan fingerprint density at radius 3 is 2.81 bits per heavy atom. The van der Waals surface area contributed by atoms with Gasteiger partial charge in [-0.3, -0.25) is 15.1 Å². The topological polar surface area (TPSA) is 122 Å². The monoisotopic (exact) mass is 428 g/mol. The molecule has 10 heteroatoms. The minimum atomic E-state index is -0.242. The Balaban J connectivity index is 1.51. The Morgan fingerprint density at radius 2 is 1.97 bits per heavy atom. The molecule has 0 saturated carbocycles. The fraction of sp³-hybridized carbons (Fsp3) is 0. The van der Waals surface area contributed by atoms with Crippen molar-refractivity contribution < 1.29 is 4.39 Å². The van der Waals surface area contributed by atoms with Crippen molar-refractivity contribution in [2.24, 2.45) is 0 Å². The fourth-order valence-corrected chi connectivity index (χ4v) is 4.30. The van der Waals surface area contributed by atoms with E-state index in [-0.39, 0.29) is 5.13 Å². The van der Waals surface area contributed by atoms with Gasteiger partial charge in [0.15, 0.2) is 16.6 Å². The van der Waals surface area contributed by atoms with Gasteiger partial charge in [-0.2, -0.15) is 9.49 Å². The van der Waals surface area contributed by atoms with Crippen LogP contribution in [0.4, 0.5) is 10.1 Å². The lowest BCUT2D eigenvalue weighted by Crippen LogP contribution is -1.90. The van der Waals surface area contributed by atoms with Crippen molar-refractivity contribution in [3.8, 4) is 33.2 Å². The minimum absolute atomic E-state index is 0.242. The highest BCUT2D eigenvalue weighted by molar-refractivity contribution is 7.14. The van der Waals surface area contributed by atoms with Crippen LogP contribution >= 0.6 is 11.3 Å². The number of thiophene rings is 1. The summed E-state index contributed by atoms with van der Waals surface area (Å²) in [5.74, 6) is 0.557. The highest BCUT2D eigenvalue weighted by atomic mass is 32.1. The van der Waals surface area contributed by atoms with E-state index in [1.54, 1.807) is 30.9 Å². The molecule has 0 unspecified atom stereocenters. The smallest absolute Gasteiger partial charge is 0.178 e. The number of imidazole rings is 1. The van der Waals surface area contributed by atoms with E-state index in [2.05, 4.69) is 35.1 Å². The Labute approximate surface area is 178 Å². The van der Waals surface area contributed by atoms with Gasteiger partial charge in [0.1, 0.15) is 5.69 Å². The lowest BCUT2D eigenvalue weighted by molar-refractivity contribution is 0.657. The Kier molecular flexibility index (Phi) is 3.80. The van der Waals surface area contributed by atoms with Crippen molar-refractivity contribution in [3.63, 3.8) is 0 Å². The molecule has 0 aromatic carbocycles. The number of anilines is 1. The van der Waals surface area contributed by atoms with Gasteiger partial charge in [0.2, 0.25) is 0 Å². The maximum Gasteiger partial charge on any atom is 0.178 e. The summed E-state index contributed by atoms with van der Waals surface area (Å²) in [5, 5.41) is 8.03. The summed E-state index contributed by atoms with van der Waals surface area (Å²) in [6, 6.07) is 8.77. The molecule has 0 fully saturated rings. The highest BCUT2D eigenvalue weighted by Crippen LogP contribution is 2.34. The van der Waals surface area contributed by atoms with Crippen LogP contribution in [0.15, 0.2) is 55.1 Å². The van der Waals surface area contributed by atoms with Crippen molar-refractivity contribution in [1.29, 1.82) is 0 Å². The van der Waals surface area contributed by atoms with Gasteiger partial charge < -0.3 is 10.7 Å². The van der Waals surface area contributed by atoms with Gasteiger partial charge >= 0.3 is 0 Å². The third-order valence-corrected chi connectivity index (χ3v) is 5.86. The zero-order valence-corrected chi connectivity index (χ0v) is 16.6. The minimum Gasteiger partial charge on any atom is -0.397 e. The number of aromatic amines is 2. The van der Waals surface area contributed by atoms with Crippen LogP contribution in [0.3, 0.4) is 0 Å². The largest absolute Gasteiger partial charge is 0.397 e. The Morgan fingerprint density at radius 1 is 1.03 bits per heavy atom. The first-order valence-corrected chi connectivity index (χ1v) is 10.1. The summed E-state index contributed by atoms with van der Waals surface area (Å²) in [6.45, 7) is 0. The van der Waals surface area contributed by atoms with Crippen LogP contribution in [0.1, 0.15) is 0 Å². The van der Waals surface area contributed by atoms with Crippen LogP contribution in [0.5, 0.6) is 0 Å². The molecule has 0 aliphatic heterocycles. The summed E-state index contributed by atoms with van der Waals surface area (Å²) in [7, 11) is 0. The van der Waals surface area contributed by atoms with E-state index in [4.69, 9.17) is 5.73 Å². The third-order valence-electron chi connectivity index (χ3n) is 4.96. The maximum atomic E-state index is 13.6. The number of hydrogen-bond acceptors (Lipinski definition) is 7. The Hall–Kier alpha value is -4.18. The maximum absolute atomic E-state index is 13.6. The van der Waals surface area contributed by atoms with Crippen molar-refractivity contribution in [2.75, 3.05) is 5.73 Å². The van der Waals surface area contributed by atoms with Crippen molar-refractivity contribution in [2.45, 2.75) is 0 Å². The van der Waals surface area contributed by atoms with Gasteiger partial charge in [-0.1, -0.05) is 0 Å². The summed E-state index contributed by atoms with van der Waals surface area (Å²) in [4.78, 5) is 21.7. The van der Waals surface area contributed by atoms with Gasteiger partial charge in [-0.25, -0.2) is 9.97 Å². The van der Waals surface area contributed by atoms with Crippen molar-refractivity contribution in [1.82, 2.24) is 35.1 Å². The normalized spacial score (nSPS) is 11.5. The second kappa shape index (κ2) is 6.67. The number of nitrogens with zero attached hydrogens (tertiary/aromatic N) is 5. The zero-order valence-electron chi connectivity index (χ0n) is 15.8. The standard InChI is InChI=1S/C21H13FN8S/c22-17-2-1-16(31-17)12-3-4-25-20-18(12)27-21(28-20)19-13-6-14(26-9-15(13)29-30-19)10-5-11(23)8-24-7-10/h1-9H,23H2,(H,29,30)(H,25,27,28). The van der Waals surface area contributed by atoms with Crippen molar-refractivity contribution >= 4 is 39.1 Å². The lowest BCUT2D eigenvalue weighted by Gasteiger charge is -2.02. The molecule has 6 aromatic rings. The first-order valence-electron chi connectivity index (χ1n) is 9.31. The molecule has 0 saturated heterocycles. The molecule has 0 aliphatic rings. The molecular weight excluding hydrogens is 415 g/mol. The van der Waals surface area contributed by atoms with Gasteiger partial charge in [-0.15, -0.1) is 11.3 Å². The van der Waals surface area contributed by atoms with E-state index in [1.165, 1.54) is 6.07 Å². The Bertz CT molecular complexity index is 1580. The first kappa shape index (κ1) is 17.7. The third kappa shape index (κ3) is 2.92. The highest BCUT2D eigenvalue weighted by Gasteiger charge is 2.17. The molecule has 6 heterocycles. The number of rotatable bonds is 3. The van der Waals surface area contributed by atoms with Gasteiger partial charge in [0.05, 0.1) is 28.6 Å². The van der Waals surface area contributed by atoms with E-state index in [0.29, 0.717) is 22.9 Å². The molecule has 31 heavy (non-hydrogen) atoms. The van der Waals surface area contributed by atoms with E-state index in [9.17, 15) is 4.39 Å². The van der Waals surface area contributed by atoms with Crippen LogP contribution in [0.25, 0.3) is 55.3 Å². The molecule has 4 N–H and O–H groups in total. The van der Waals surface area contributed by atoms with Gasteiger partial charge in [-0.05, 0) is 30.3 Å². The molecule has 8 nitrogen and oxygen atoms in total. The number of nitrogen functional groups attached to an aromatic ring is 1.